The van der Waals surface area contributed by atoms with E-state index < -0.39 is 6.61 Å². The van der Waals surface area contributed by atoms with Gasteiger partial charge in [0.05, 0.1) is 17.6 Å². The quantitative estimate of drug-likeness (QED) is 0.570. The molecule has 0 atom stereocenters. The lowest BCUT2D eigenvalue weighted by Gasteiger charge is -2.25. The maximum Gasteiger partial charge on any atom is 0.387 e. The molecule has 1 aliphatic rings. The maximum atomic E-state index is 12.4. The van der Waals surface area contributed by atoms with E-state index in [1.807, 2.05) is 0 Å². The molecule has 0 aliphatic carbocycles. The molecule has 2 N–H and O–H groups in total. The predicted octanol–water partition coefficient (Wildman–Crippen LogP) is 2.90. The molecule has 0 radical (unpaired) electrons. The number of carbonyl (C=O) groups excluding carboxylic acids is 1. The number of aldehydes is 1. The lowest BCUT2D eigenvalue weighted by molar-refractivity contribution is -0.0500. The molecule has 2 aromatic heterocycles. The highest BCUT2D eigenvalue weighted by Crippen LogP contribution is 2.23. The molecule has 27 heavy (non-hydrogen) atoms. The van der Waals surface area contributed by atoms with E-state index in [0.717, 1.165) is 19.0 Å². The maximum absolute atomic E-state index is 12.4. The first-order valence-electron chi connectivity index (χ1n) is 8.35. The molecule has 3 heterocycles. The third-order valence-electron chi connectivity index (χ3n) is 4.09. The van der Waals surface area contributed by atoms with Crippen LogP contribution < -0.4 is 10.1 Å². The van der Waals surface area contributed by atoms with Crippen LogP contribution >= 0.6 is 0 Å². The van der Waals surface area contributed by atoms with Gasteiger partial charge in [-0.15, -0.1) is 0 Å². The molecule has 0 saturated carbocycles. The molecular weight excluding hydrogens is 358 g/mol. The number of aromatic nitrogens is 2. The van der Waals surface area contributed by atoms with Crippen LogP contribution in [0, 0.1) is 5.41 Å². The third kappa shape index (κ3) is 4.82. The van der Waals surface area contributed by atoms with Gasteiger partial charge in [-0.2, -0.15) is 8.78 Å². The molecular formula is C18H18F2N4O3. The summed E-state index contributed by atoms with van der Waals surface area (Å²) in [6.45, 7) is -1.73. The van der Waals surface area contributed by atoms with Crippen molar-refractivity contribution in [2.75, 3.05) is 18.5 Å². The van der Waals surface area contributed by atoms with Crippen LogP contribution in [0.2, 0.25) is 0 Å². The average molecular weight is 376 g/mol. The van der Waals surface area contributed by atoms with Crippen molar-refractivity contribution in [3.63, 3.8) is 0 Å². The average Bonchev–Trinajstić information content (AvgIpc) is 2.68. The Morgan fingerprint density at radius 1 is 1.30 bits per heavy atom. The molecule has 9 heteroatoms. The van der Waals surface area contributed by atoms with E-state index in [2.05, 4.69) is 20.0 Å². The number of hydrogen-bond acceptors (Lipinski definition) is 7. The highest BCUT2D eigenvalue weighted by Gasteiger charge is 2.19. The van der Waals surface area contributed by atoms with Crippen molar-refractivity contribution in [3.05, 3.63) is 47.5 Å². The van der Waals surface area contributed by atoms with Crippen molar-refractivity contribution >= 4 is 17.7 Å². The summed E-state index contributed by atoms with van der Waals surface area (Å²) in [4.78, 5) is 19.2. The van der Waals surface area contributed by atoms with E-state index in [1.54, 1.807) is 6.07 Å². The zero-order chi connectivity index (χ0) is 19.2. The zero-order valence-electron chi connectivity index (χ0n) is 14.3. The number of ether oxygens (including phenoxy) is 2. The molecule has 0 unspecified atom stereocenters. The molecule has 142 valence electrons. The number of hydrogen-bond donors (Lipinski definition) is 2. The van der Waals surface area contributed by atoms with Crippen molar-refractivity contribution in [2.24, 2.45) is 0 Å². The minimum atomic E-state index is -2.98. The van der Waals surface area contributed by atoms with Crippen LogP contribution in [-0.4, -0.2) is 47.8 Å². The fourth-order valence-corrected chi connectivity index (χ4v) is 2.78. The van der Waals surface area contributed by atoms with E-state index in [9.17, 15) is 13.6 Å². The third-order valence-corrected chi connectivity index (χ3v) is 4.09. The summed E-state index contributed by atoms with van der Waals surface area (Å²) in [6, 6.07) is 3.04. The van der Waals surface area contributed by atoms with Crippen LogP contribution in [0.3, 0.4) is 0 Å². The van der Waals surface area contributed by atoms with Crippen LogP contribution in [0.15, 0.2) is 30.7 Å². The molecule has 7 nitrogen and oxygen atoms in total. The summed E-state index contributed by atoms with van der Waals surface area (Å²) in [5.74, 6) is -0.143. The number of halogens is 2. The molecule has 2 aromatic rings. The number of alkyl halides is 2. The van der Waals surface area contributed by atoms with Gasteiger partial charge in [0.1, 0.15) is 11.4 Å². The van der Waals surface area contributed by atoms with Crippen molar-refractivity contribution in [2.45, 2.75) is 25.5 Å². The number of nitrogens with zero attached hydrogens (tertiary/aromatic N) is 2. The Morgan fingerprint density at radius 2 is 2.07 bits per heavy atom. The molecule has 1 aliphatic heterocycles. The Kier molecular flexibility index (Phi) is 6.02. The number of rotatable bonds is 7. The molecule has 3 rings (SSSR count). The van der Waals surface area contributed by atoms with Crippen LogP contribution in [0.5, 0.6) is 5.75 Å². The van der Waals surface area contributed by atoms with Crippen LogP contribution in [0.1, 0.15) is 34.5 Å². The highest BCUT2D eigenvalue weighted by molar-refractivity contribution is 6.13. The summed E-state index contributed by atoms with van der Waals surface area (Å²) in [7, 11) is 0. The highest BCUT2D eigenvalue weighted by atomic mass is 19.3. The zero-order valence-corrected chi connectivity index (χ0v) is 14.3. The van der Waals surface area contributed by atoms with Gasteiger partial charge in [-0.25, -0.2) is 0 Å². The van der Waals surface area contributed by atoms with Gasteiger partial charge < -0.3 is 14.8 Å². The molecule has 0 bridgehead atoms. The fourth-order valence-electron chi connectivity index (χ4n) is 2.78. The Hall–Kier alpha value is -2.94. The van der Waals surface area contributed by atoms with Crippen LogP contribution in [0.25, 0.3) is 0 Å². The number of pyridine rings is 2. The molecule has 1 saturated heterocycles. The molecule has 0 aromatic carbocycles. The number of nitrogens with one attached hydrogen (secondary N) is 2. The lowest BCUT2D eigenvalue weighted by atomic mass is 10.0. The first-order chi connectivity index (χ1) is 13.1. The van der Waals surface area contributed by atoms with E-state index in [4.69, 9.17) is 10.1 Å². The van der Waals surface area contributed by atoms with Crippen LogP contribution in [0.4, 0.5) is 14.5 Å². The Balaban J connectivity index is 1.90. The van der Waals surface area contributed by atoms with Gasteiger partial charge >= 0.3 is 6.61 Å². The second kappa shape index (κ2) is 8.63. The first-order valence-corrected chi connectivity index (χ1v) is 8.35. The number of carbonyl (C=O) groups is 1. The molecule has 1 fully saturated rings. The minimum Gasteiger partial charge on any atom is -0.433 e. The topological polar surface area (TPSA) is 97.2 Å². The van der Waals surface area contributed by atoms with Crippen molar-refractivity contribution in [1.82, 2.24) is 9.97 Å². The Bertz CT molecular complexity index is 826. The van der Waals surface area contributed by atoms with E-state index in [0.29, 0.717) is 36.4 Å². The Morgan fingerprint density at radius 3 is 2.78 bits per heavy atom. The monoisotopic (exact) mass is 376 g/mol. The van der Waals surface area contributed by atoms with E-state index in [-0.39, 0.29) is 23.1 Å². The fraction of sp³-hybridized carbons (Fsp3) is 0.333. The van der Waals surface area contributed by atoms with E-state index >= 15 is 0 Å². The van der Waals surface area contributed by atoms with Crippen molar-refractivity contribution in [3.8, 4) is 5.75 Å². The number of anilines is 1. The van der Waals surface area contributed by atoms with Crippen molar-refractivity contribution < 1.29 is 23.0 Å². The van der Waals surface area contributed by atoms with Gasteiger partial charge in [-0.3, -0.25) is 20.2 Å². The smallest absolute Gasteiger partial charge is 0.387 e. The van der Waals surface area contributed by atoms with Gasteiger partial charge in [-0.05, 0) is 25.0 Å². The SMILES string of the molecule is N=C(c1cncc(OC(F)F)c1)c1ncc(C=O)cc1NC1CCOCC1. The predicted molar refractivity (Wildman–Crippen MR) is 93.9 cm³/mol. The van der Waals surface area contributed by atoms with Gasteiger partial charge in [-0.1, -0.05) is 0 Å². The summed E-state index contributed by atoms with van der Waals surface area (Å²) < 4.78 is 34.5. The Labute approximate surface area is 154 Å². The van der Waals surface area contributed by atoms with Crippen LogP contribution in [-0.2, 0) is 4.74 Å². The summed E-state index contributed by atoms with van der Waals surface area (Å²) in [6.07, 6.45) is 6.13. The summed E-state index contributed by atoms with van der Waals surface area (Å²) in [5, 5.41) is 11.7. The van der Waals surface area contributed by atoms with Gasteiger partial charge in [0.15, 0.2) is 6.29 Å². The van der Waals surface area contributed by atoms with E-state index in [1.165, 1.54) is 18.5 Å². The molecule has 0 spiro atoms. The minimum absolute atomic E-state index is 0.0192. The first kappa shape index (κ1) is 18.8. The van der Waals surface area contributed by atoms with Crippen molar-refractivity contribution in [1.29, 1.82) is 5.41 Å². The summed E-state index contributed by atoms with van der Waals surface area (Å²) in [5.41, 5.74) is 1.44. The second-order valence-electron chi connectivity index (χ2n) is 5.98. The largest absolute Gasteiger partial charge is 0.433 e. The second-order valence-corrected chi connectivity index (χ2v) is 5.98. The van der Waals surface area contributed by atoms with Gasteiger partial charge in [0.25, 0.3) is 0 Å². The summed E-state index contributed by atoms with van der Waals surface area (Å²) >= 11 is 0. The molecule has 0 amide bonds. The standard InChI is InChI=1S/C18H18F2N4O3/c19-18(20)27-14-6-12(8-22-9-14)16(21)17-15(5-11(10-25)7-23-17)24-13-1-3-26-4-2-13/h5-10,13,18,21,24H,1-4H2. The van der Waals surface area contributed by atoms with Gasteiger partial charge in [0, 0.05) is 42.8 Å². The normalized spacial score (nSPS) is 14.8. The van der Waals surface area contributed by atoms with Gasteiger partial charge in [0.2, 0.25) is 0 Å². The lowest BCUT2D eigenvalue weighted by Crippen LogP contribution is -2.29.